The lowest BCUT2D eigenvalue weighted by atomic mass is 9.96. The SMILES string of the molecule is c1ccc(-c2nc(-c3ccccc3)nc(-c3ccc4cc(-c5ccc6cc7ccccc7cc6c5)ccc4c3)n2)cc1. The molecule has 3 nitrogen and oxygen atoms in total. The Kier molecular flexibility index (Phi) is 5.79. The van der Waals surface area contributed by atoms with Gasteiger partial charge in [0, 0.05) is 16.7 Å². The molecule has 1 aromatic heterocycles. The van der Waals surface area contributed by atoms with Crippen molar-refractivity contribution < 1.29 is 0 Å². The molecule has 42 heavy (non-hydrogen) atoms. The van der Waals surface area contributed by atoms with Crippen LogP contribution in [0.4, 0.5) is 0 Å². The maximum atomic E-state index is 4.90. The van der Waals surface area contributed by atoms with Crippen molar-refractivity contribution in [2.45, 2.75) is 0 Å². The molecule has 0 unspecified atom stereocenters. The number of benzene rings is 7. The Morgan fingerprint density at radius 2 is 0.595 bits per heavy atom. The maximum absolute atomic E-state index is 4.90. The highest BCUT2D eigenvalue weighted by Gasteiger charge is 2.13. The molecule has 0 N–H and O–H groups in total. The lowest BCUT2D eigenvalue weighted by Gasteiger charge is -2.10. The van der Waals surface area contributed by atoms with Crippen molar-refractivity contribution in [3.05, 3.63) is 152 Å². The van der Waals surface area contributed by atoms with E-state index in [0.717, 1.165) is 22.1 Å². The lowest BCUT2D eigenvalue weighted by molar-refractivity contribution is 1.07. The number of hydrogen-bond donors (Lipinski definition) is 0. The van der Waals surface area contributed by atoms with E-state index in [-0.39, 0.29) is 0 Å². The first kappa shape index (κ1) is 24.2. The second-order valence-electron chi connectivity index (χ2n) is 10.6. The van der Waals surface area contributed by atoms with Gasteiger partial charge in [-0.2, -0.15) is 0 Å². The van der Waals surface area contributed by atoms with Gasteiger partial charge in [0.05, 0.1) is 0 Å². The fourth-order valence-electron chi connectivity index (χ4n) is 5.62. The summed E-state index contributed by atoms with van der Waals surface area (Å²) in [6.45, 7) is 0. The quantitative estimate of drug-likeness (QED) is 0.211. The minimum atomic E-state index is 0.662. The highest BCUT2D eigenvalue weighted by Crippen LogP contribution is 2.32. The second kappa shape index (κ2) is 10.1. The molecule has 7 aromatic carbocycles. The van der Waals surface area contributed by atoms with Gasteiger partial charge in [0.15, 0.2) is 17.5 Å². The molecule has 0 bridgehead atoms. The first-order chi connectivity index (χ1) is 20.8. The summed E-state index contributed by atoms with van der Waals surface area (Å²) in [4.78, 5) is 14.6. The predicted molar refractivity (Wildman–Crippen MR) is 174 cm³/mol. The Balaban J connectivity index is 1.19. The van der Waals surface area contributed by atoms with Gasteiger partial charge in [-0.1, -0.05) is 121 Å². The van der Waals surface area contributed by atoms with Crippen LogP contribution >= 0.6 is 0 Å². The van der Waals surface area contributed by atoms with Gasteiger partial charge < -0.3 is 0 Å². The van der Waals surface area contributed by atoms with E-state index < -0.39 is 0 Å². The van der Waals surface area contributed by atoms with Crippen LogP contribution in [0.2, 0.25) is 0 Å². The second-order valence-corrected chi connectivity index (χ2v) is 10.6. The van der Waals surface area contributed by atoms with Crippen LogP contribution in [0, 0.1) is 0 Å². The van der Waals surface area contributed by atoms with Crippen LogP contribution in [0.1, 0.15) is 0 Å². The molecule has 8 rings (SSSR count). The van der Waals surface area contributed by atoms with E-state index in [1.54, 1.807) is 0 Å². The summed E-state index contributed by atoms with van der Waals surface area (Å²) in [5, 5.41) is 7.35. The Hall–Kier alpha value is -5.67. The van der Waals surface area contributed by atoms with Crippen molar-refractivity contribution in [1.29, 1.82) is 0 Å². The first-order valence-corrected chi connectivity index (χ1v) is 14.1. The zero-order valence-corrected chi connectivity index (χ0v) is 22.8. The summed E-state index contributed by atoms with van der Waals surface area (Å²) in [6, 6.07) is 53.1. The molecule has 0 aliphatic carbocycles. The number of hydrogen-bond acceptors (Lipinski definition) is 3. The zero-order chi connectivity index (χ0) is 27.9. The van der Waals surface area contributed by atoms with Crippen LogP contribution < -0.4 is 0 Å². The Morgan fingerprint density at radius 3 is 1.14 bits per heavy atom. The summed E-state index contributed by atoms with van der Waals surface area (Å²) in [7, 11) is 0. The molecule has 0 radical (unpaired) electrons. The van der Waals surface area contributed by atoms with Gasteiger partial charge in [0.2, 0.25) is 0 Å². The molecule has 0 fully saturated rings. The minimum absolute atomic E-state index is 0.662. The van der Waals surface area contributed by atoms with Crippen molar-refractivity contribution >= 4 is 32.3 Å². The molecule has 1 heterocycles. The Morgan fingerprint density at radius 1 is 0.238 bits per heavy atom. The van der Waals surface area contributed by atoms with E-state index >= 15 is 0 Å². The normalized spacial score (nSPS) is 11.3. The van der Waals surface area contributed by atoms with E-state index in [4.69, 9.17) is 15.0 Å². The average Bonchev–Trinajstić information content (AvgIpc) is 3.07. The molecule has 0 atom stereocenters. The third-order valence-electron chi connectivity index (χ3n) is 7.84. The van der Waals surface area contributed by atoms with E-state index in [0.29, 0.717) is 17.5 Å². The van der Waals surface area contributed by atoms with E-state index in [2.05, 4.69) is 91.0 Å². The standard InChI is InChI=1S/C39H25N3/c1-3-9-26(10-4-1)37-40-38(27-11-5-2-6-12-27)42-39(41-37)35-20-19-31-22-30(15-16-32(31)23-35)33-17-18-34-21-28-13-7-8-14-29(28)24-36(34)25-33/h1-25H. The predicted octanol–water partition coefficient (Wildman–Crippen LogP) is 10.00. The van der Waals surface area contributed by atoms with Gasteiger partial charge >= 0.3 is 0 Å². The monoisotopic (exact) mass is 535 g/mol. The van der Waals surface area contributed by atoms with E-state index in [1.807, 2.05) is 60.7 Å². The average molecular weight is 536 g/mol. The van der Waals surface area contributed by atoms with Crippen LogP contribution in [0.25, 0.3) is 77.6 Å². The van der Waals surface area contributed by atoms with Crippen LogP contribution in [-0.4, -0.2) is 15.0 Å². The lowest BCUT2D eigenvalue weighted by Crippen LogP contribution is -2.00. The van der Waals surface area contributed by atoms with Crippen LogP contribution in [0.3, 0.4) is 0 Å². The summed E-state index contributed by atoms with van der Waals surface area (Å²) < 4.78 is 0. The van der Waals surface area contributed by atoms with Gasteiger partial charge in [0.25, 0.3) is 0 Å². The van der Waals surface area contributed by atoms with Crippen molar-refractivity contribution in [2.75, 3.05) is 0 Å². The molecule has 0 saturated carbocycles. The third-order valence-corrected chi connectivity index (χ3v) is 7.84. The summed E-state index contributed by atoms with van der Waals surface area (Å²) >= 11 is 0. The molecule has 0 amide bonds. The number of fused-ring (bicyclic) bond motifs is 3. The summed E-state index contributed by atoms with van der Waals surface area (Å²) in [5.41, 5.74) is 5.30. The maximum Gasteiger partial charge on any atom is 0.164 e. The molecule has 196 valence electrons. The number of aromatic nitrogens is 3. The largest absolute Gasteiger partial charge is 0.208 e. The van der Waals surface area contributed by atoms with Crippen LogP contribution in [0.15, 0.2) is 152 Å². The number of rotatable bonds is 4. The highest BCUT2D eigenvalue weighted by atomic mass is 15.0. The summed E-state index contributed by atoms with van der Waals surface area (Å²) in [6.07, 6.45) is 0. The smallest absolute Gasteiger partial charge is 0.164 e. The van der Waals surface area contributed by atoms with Crippen LogP contribution in [0.5, 0.6) is 0 Å². The van der Waals surface area contributed by atoms with Gasteiger partial charge in [-0.05, 0) is 73.8 Å². The molecule has 3 heteroatoms. The summed E-state index contributed by atoms with van der Waals surface area (Å²) in [5.74, 6) is 1.99. The first-order valence-electron chi connectivity index (χ1n) is 14.1. The third kappa shape index (κ3) is 4.47. The van der Waals surface area contributed by atoms with Gasteiger partial charge in [-0.15, -0.1) is 0 Å². The molecule has 8 aromatic rings. The fourth-order valence-corrected chi connectivity index (χ4v) is 5.62. The van der Waals surface area contributed by atoms with Crippen molar-refractivity contribution in [3.8, 4) is 45.3 Å². The van der Waals surface area contributed by atoms with Crippen molar-refractivity contribution in [1.82, 2.24) is 15.0 Å². The minimum Gasteiger partial charge on any atom is -0.208 e. The van der Waals surface area contributed by atoms with Gasteiger partial charge in [0.1, 0.15) is 0 Å². The molecule has 0 spiro atoms. The topological polar surface area (TPSA) is 38.7 Å². The fraction of sp³-hybridized carbons (Fsp3) is 0. The Bertz CT molecular complexity index is 2180. The van der Waals surface area contributed by atoms with Gasteiger partial charge in [-0.3, -0.25) is 0 Å². The molecular formula is C39H25N3. The molecule has 0 aliphatic heterocycles. The van der Waals surface area contributed by atoms with E-state index in [1.165, 1.54) is 38.1 Å². The molecule has 0 saturated heterocycles. The van der Waals surface area contributed by atoms with Crippen molar-refractivity contribution in [2.24, 2.45) is 0 Å². The molecule has 0 aliphatic rings. The van der Waals surface area contributed by atoms with Gasteiger partial charge in [-0.25, -0.2) is 15.0 Å². The number of nitrogens with zero attached hydrogens (tertiary/aromatic N) is 3. The van der Waals surface area contributed by atoms with E-state index in [9.17, 15) is 0 Å². The van der Waals surface area contributed by atoms with Crippen LogP contribution in [-0.2, 0) is 0 Å². The zero-order valence-electron chi connectivity index (χ0n) is 22.8. The van der Waals surface area contributed by atoms with Crippen molar-refractivity contribution in [3.63, 3.8) is 0 Å². The Labute approximate surface area is 243 Å². The molecular weight excluding hydrogens is 510 g/mol. The highest BCUT2D eigenvalue weighted by molar-refractivity contribution is 6.00.